The number of hydrogen-bond acceptors (Lipinski definition) is 8. The third-order valence-corrected chi connectivity index (χ3v) is 11.3. The van der Waals surface area contributed by atoms with Crippen LogP contribution in [0.1, 0.15) is 34.6 Å². The summed E-state index contributed by atoms with van der Waals surface area (Å²) in [5, 5.41) is -0.303. The van der Waals surface area contributed by atoms with Crippen molar-refractivity contribution < 1.29 is 18.8 Å². The minimum atomic E-state index is -1.48. The molecule has 0 bridgehead atoms. The van der Waals surface area contributed by atoms with Crippen molar-refractivity contribution in [3.8, 4) is 0 Å². The summed E-state index contributed by atoms with van der Waals surface area (Å²) in [4.78, 5) is 32.8. The Balaban J connectivity index is 1.99. The summed E-state index contributed by atoms with van der Waals surface area (Å²) >= 11 is 1.62. The molecule has 186 valence electrons. The molecule has 2 heterocycles. The molecule has 0 saturated carbocycles. The zero-order valence-electron chi connectivity index (χ0n) is 21.1. The number of carbonyl (C=O) groups is 2. The first-order chi connectivity index (χ1) is 15.8. The Kier molecular flexibility index (Phi) is 8.29. The van der Waals surface area contributed by atoms with Crippen molar-refractivity contribution in [2.75, 3.05) is 7.11 Å². The second-order valence-corrected chi connectivity index (χ2v) is 16.0. The third-order valence-electron chi connectivity index (χ3n) is 6.30. The summed E-state index contributed by atoms with van der Waals surface area (Å²) in [5.41, 5.74) is 0.547. The van der Waals surface area contributed by atoms with E-state index >= 15 is 0 Å². The lowest BCUT2D eigenvalue weighted by Gasteiger charge is -2.59. The lowest BCUT2D eigenvalue weighted by atomic mass is 9.66. The SMILES string of the molecule is C=C(C)C(C(=O)OC)N1C(=O)C([C@@](C)(O[SiH](C)C)C(C)(C)C)C1SSc1nc2ccccc2s1. The molecule has 1 fully saturated rings. The van der Waals surface area contributed by atoms with Gasteiger partial charge in [-0.1, -0.05) is 50.3 Å². The number of amides is 1. The van der Waals surface area contributed by atoms with Crippen LogP contribution in [0.4, 0.5) is 0 Å². The van der Waals surface area contributed by atoms with Gasteiger partial charge in [0.25, 0.3) is 0 Å². The van der Waals surface area contributed by atoms with E-state index in [0.717, 1.165) is 14.6 Å². The maximum absolute atomic E-state index is 13.7. The predicted octanol–water partition coefficient (Wildman–Crippen LogP) is 5.74. The number of likely N-dealkylation sites (tertiary alicyclic amines) is 1. The summed E-state index contributed by atoms with van der Waals surface area (Å²) in [5.74, 6) is -1.000. The molecule has 1 aliphatic heterocycles. The molecule has 2 aromatic rings. The Hall–Kier alpha value is -1.33. The average molecular weight is 539 g/mol. The molecule has 4 atom stereocenters. The van der Waals surface area contributed by atoms with Crippen LogP contribution in [0, 0.1) is 11.3 Å². The molecular formula is C24H34N2O4S3Si. The van der Waals surface area contributed by atoms with Gasteiger partial charge in [-0.25, -0.2) is 9.78 Å². The van der Waals surface area contributed by atoms with Crippen LogP contribution >= 0.6 is 32.9 Å². The molecule has 0 aliphatic carbocycles. The highest BCUT2D eigenvalue weighted by molar-refractivity contribution is 8.77. The Morgan fingerprint density at radius 1 is 1.26 bits per heavy atom. The van der Waals surface area contributed by atoms with E-state index in [-0.39, 0.29) is 16.7 Å². The van der Waals surface area contributed by atoms with Gasteiger partial charge in [-0.15, -0.1) is 11.3 Å². The van der Waals surface area contributed by atoms with Crippen LogP contribution in [-0.4, -0.2) is 54.9 Å². The van der Waals surface area contributed by atoms with Crippen LogP contribution in [0.25, 0.3) is 10.2 Å². The van der Waals surface area contributed by atoms with Crippen molar-refractivity contribution in [1.82, 2.24) is 9.88 Å². The number of β-lactam (4-membered cyclic amide) rings is 1. The Morgan fingerprint density at radius 3 is 2.44 bits per heavy atom. The largest absolute Gasteiger partial charge is 0.467 e. The summed E-state index contributed by atoms with van der Waals surface area (Å²) in [7, 11) is 2.94. The molecule has 1 saturated heterocycles. The van der Waals surface area contributed by atoms with Crippen molar-refractivity contribution in [2.45, 2.75) is 69.1 Å². The van der Waals surface area contributed by atoms with Gasteiger partial charge in [-0.05, 0) is 60.9 Å². The van der Waals surface area contributed by atoms with Crippen molar-refractivity contribution in [3.05, 3.63) is 36.4 Å². The van der Waals surface area contributed by atoms with Crippen LogP contribution in [0.3, 0.4) is 0 Å². The van der Waals surface area contributed by atoms with E-state index in [1.54, 1.807) is 34.0 Å². The topological polar surface area (TPSA) is 68.7 Å². The number of fused-ring (bicyclic) bond motifs is 1. The lowest BCUT2D eigenvalue weighted by molar-refractivity contribution is -0.184. The first-order valence-electron chi connectivity index (χ1n) is 11.2. The van der Waals surface area contributed by atoms with Crippen LogP contribution in [-0.2, 0) is 18.8 Å². The first kappa shape index (κ1) is 27.3. The monoisotopic (exact) mass is 538 g/mol. The average Bonchev–Trinajstić information content (AvgIpc) is 3.15. The number of thiazole rings is 1. The highest BCUT2D eigenvalue weighted by Crippen LogP contribution is 2.55. The van der Waals surface area contributed by atoms with Crippen molar-refractivity contribution in [2.24, 2.45) is 11.3 Å². The van der Waals surface area contributed by atoms with Crippen molar-refractivity contribution >= 4 is 64.1 Å². The normalized spacial score (nSPS) is 21.3. The van der Waals surface area contributed by atoms with E-state index < -0.39 is 32.6 Å². The van der Waals surface area contributed by atoms with Crippen LogP contribution in [0.2, 0.25) is 13.1 Å². The molecular weight excluding hydrogens is 505 g/mol. The molecule has 1 aliphatic rings. The van der Waals surface area contributed by atoms with E-state index in [0.29, 0.717) is 5.57 Å². The fourth-order valence-corrected chi connectivity index (χ4v) is 9.85. The molecule has 0 spiro atoms. The summed E-state index contributed by atoms with van der Waals surface area (Å²) in [6, 6.07) is 7.19. The number of nitrogens with zero attached hydrogens (tertiary/aromatic N) is 2. The standard InChI is InChI=1S/C24H34N2O4S3Si/c1-14(2)18(21(28)29-7)26-19(27)17(24(6,23(3,4)5)30-34(8)9)20(26)32-33-22-25-15-12-10-11-13-16(15)31-22/h10-13,17-18,20,34H,1H2,2-9H3/t17?,18?,20?,24-/m1/s1. The molecule has 0 radical (unpaired) electrons. The number of ether oxygens (including phenoxy) is 1. The fraction of sp³-hybridized carbons (Fsp3) is 0.542. The van der Waals surface area contributed by atoms with Crippen molar-refractivity contribution in [1.29, 1.82) is 0 Å². The third kappa shape index (κ3) is 5.11. The molecule has 1 aromatic carbocycles. The minimum absolute atomic E-state index is 0.104. The molecule has 1 aromatic heterocycles. The maximum Gasteiger partial charge on any atom is 0.332 e. The number of para-hydroxylation sites is 1. The van der Waals surface area contributed by atoms with E-state index in [9.17, 15) is 9.59 Å². The van der Waals surface area contributed by atoms with Gasteiger partial charge in [0, 0.05) is 0 Å². The number of aromatic nitrogens is 1. The number of methoxy groups -OCH3 is 1. The summed E-state index contributed by atoms with van der Waals surface area (Å²) in [6.07, 6.45) is 0. The molecule has 10 heteroatoms. The number of benzene rings is 1. The Morgan fingerprint density at radius 2 is 1.91 bits per heavy atom. The quantitative estimate of drug-likeness (QED) is 0.132. The van der Waals surface area contributed by atoms with E-state index in [1.165, 1.54) is 17.9 Å². The molecule has 3 unspecified atom stereocenters. The molecule has 3 rings (SSSR count). The van der Waals surface area contributed by atoms with Gasteiger partial charge in [0.2, 0.25) is 5.91 Å². The van der Waals surface area contributed by atoms with E-state index in [4.69, 9.17) is 14.1 Å². The second-order valence-electron chi connectivity index (χ2n) is 10.0. The molecule has 1 amide bonds. The van der Waals surface area contributed by atoms with Gasteiger partial charge in [0.1, 0.15) is 5.37 Å². The second kappa shape index (κ2) is 10.3. The van der Waals surface area contributed by atoms with Gasteiger partial charge < -0.3 is 14.1 Å². The van der Waals surface area contributed by atoms with Crippen LogP contribution < -0.4 is 0 Å². The van der Waals surface area contributed by atoms with Gasteiger partial charge >= 0.3 is 5.97 Å². The van der Waals surface area contributed by atoms with Gasteiger partial charge in [-0.3, -0.25) is 4.79 Å². The molecule has 0 N–H and O–H groups in total. The zero-order valence-corrected chi connectivity index (χ0v) is 24.7. The molecule has 6 nitrogen and oxygen atoms in total. The fourth-order valence-electron chi connectivity index (χ4n) is 4.22. The predicted molar refractivity (Wildman–Crippen MR) is 146 cm³/mol. The number of rotatable bonds is 9. The Labute approximate surface area is 216 Å². The smallest absolute Gasteiger partial charge is 0.332 e. The highest BCUT2D eigenvalue weighted by Gasteiger charge is 2.63. The highest BCUT2D eigenvalue weighted by atomic mass is 33.1. The number of hydrogen-bond donors (Lipinski definition) is 0. The first-order valence-corrected chi connectivity index (χ1v) is 17.0. The number of esters is 1. The maximum atomic E-state index is 13.7. The minimum Gasteiger partial charge on any atom is -0.467 e. The Bertz CT molecular complexity index is 1050. The zero-order chi connectivity index (χ0) is 25.4. The number of carbonyl (C=O) groups excluding carboxylic acids is 2. The summed E-state index contributed by atoms with van der Waals surface area (Å²) < 4.78 is 13.7. The summed E-state index contributed by atoms with van der Waals surface area (Å²) in [6.45, 7) is 18.4. The van der Waals surface area contributed by atoms with Gasteiger partial charge in [-0.2, -0.15) is 0 Å². The van der Waals surface area contributed by atoms with Crippen LogP contribution in [0.15, 0.2) is 40.8 Å². The van der Waals surface area contributed by atoms with E-state index in [1.807, 2.05) is 25.1 Å². The van der Waals surface area contributed by atoms with Gasteiger partial charge in [0.15, 0.2) is 19.4 Å². The van der Waals surface area contributed by atoms with Crippen LogP contribution in [0.5, 0.6) is 0 Å². The van der Waals surface area contributed by atoms with E-state index in [2.05, 4.69) is 46.5 Å². The molecule has 34 heavy (non-hydrogen) atoms. The van der Waals surface area contributed by atoms with Crippen molar-refractivity contribution in [3.63, 3.8) is 0 Å². The van der Waals surface area contributed by atoms with Gasteiger partial charge in [0.05, 0.1) is 28.8 Å². The lowest BCUT2D eigenvalue weighted by Crippen LogP contribution is -2.73.